The molecule has 0 fully saturated rings. The first-order valence-electron chi connectivity index (χ1n) is 5.46. The molecule has 0 spiro atoms. The van der Waals surface area contributed by atoms with E-state index in [0.29, 0.717) is 23.8 Å². The number of halogens is 1. The molecule has 0 heterocycles. The summed E-state index contributed by atoms with van der Waals surface area (Å²) < 4.78 is 6.49. The number of rotatable bonds is 5. The lowest BCUT2D eigenvalue weighted by atomic mass is 10.1. The van der Waals surface area contributed by atoms with Crippen molar-refractivity contribution in [3.63, 3.8) is 0 Å². The summed E-state index contributed by atoms with van der Waals surface area (Å²) >= 11 is 3.33. The van der Waals surface area contributed by atoms with Gasteiger partial charge in [0.05, 0.1) is 12.2 Å². The summed E-state index contributed by atoms with van der Waals surface area (Å²) in [4.78, 5) is 0. The SMILES string of the molecule is CC(C)CCCOc1ccc(Br)cc1C#N. The van der Waals surface area contributed by atoms with Crippen molar-refractivity contribution < 1.29 is 4.74 Å². The third-order valence-electron chi connectivity index (χ3n) is 2.25. The van der Waals surface area contributed by atoms with Crippen LogP contribution in [0.1, 0.15) is 32.3 Å². The molecular weight excluding hydrogens is 266 g/mol. The third kappa shape index (κ3) is 4.24. The zero-order valence-electron chi connectivity index (χ0n) is 9.66. The monoisotopic (exact) mass is 281 g/mol. The molecule has 0 amide bonds. The van der Waals surface area contributed by atoms with E-state index >= 15 is 0 Å². The lowest BCUT2D eigenvalue weighted by molar-refractivity contribution is 0.297. The second-order valence-corrected chi connectivity index (χ2v) is 5.05. The molecule has 0 aromatic heterocycles. The van der Waals surface area contributed by atoms with E-state index in [9.17, 15) is 0 Å². The second kappa shape index (κ2) is 6.55. The largest absolute Gasteiger partial charge is 0.492 e. The first kappa shape index (κ1) is 13.1. The van der Waals surface area contributed by atoms with Crippen molar-refractivity contribution in [1.82, 2.24) is 0 Å². The average Bonchev–Trinajstić information content (AvgIpc) is 2.25. The van der Waals surface area contributed by atoms with Crippen LogP contribution < -0.4 is 4.74 Å². The highest BCUT2D eigenvalue weighted by molar-refractivity contribution is 9.10. The van der Waals surface area contributed by atoms with Crippen molar-refractivity contribution in [3.8, 4) is 11.8 Å². The molecule has 1 rings (SSSR count). The molecule has 0 aliphatic carbocycles. The normalized spacial score (nSPS) is 10.2. The molecule has 0 aliphatic heterocycles. The van der Waals surface area contributed by atoms with Gasteiger partial charge in [-0.3, -0.25) is 0 Å². The molecule has 0 N–H and O–H groups in total. The van der Waals surface area contributed by atoms with Crippen molar-refractivity contribution in [3.05, 3.63) is 28.2 Å². The van der Waals surface area contributed by atoms with Crippen molar-refractivity contribution in [1.29, 1.82) is 5.26 Å². The smallest absolute Gasteiger partial charge is 0.137 e. The quantitative estimate of drug-likeness (QED) is 0.760. The molecule has 0 saturated carbocycles. The van der Waals surface area contributed by atoms with Crippen molar-refractivity contribution in [2.75, 3.05) is 6.61 Å². The zero-order valence-corrected chi connectivity index (χ0v) is 11.3. The third-order valence-corrected chi connectivity index (χ3v) is 2.74. The van der Waals surface area contributed by atoms with Crippen molar-refractivity contribution >= 4 is 15.9 Å². The second-order valence-electron chi connectivity index (χ2n) is 4.14. The van der Waals surface area contributed by atoms with Crippen molar-refractivity contribution in [2.45, 2.75) is 26.7 Å². The van der Waals surface area contributed by atoms with Gasteiger partial charge in [0.1, 0.15) is 11.8 Å². The standard InChI is InChI=1S/C13H16BrNO/c1-10(2)4-3-7-16-13-6-5-12(14)8-11(13)9-15/h5-6,8,10H,3-4,7H2,1-2H3. The maximum absolute atomic E-state index is 8.94. The molecule has 0 aliphatic rings. The van der Waals surface area contributed by atoms with Gasteiger partial charge in [0, 0.05) is 4.47 Å². The van der Waals surface area contributed by atoms with E-state index in [1.807, 2.05) is 12.1 Å². The molecule has 0 radical (unpaired) electrons. The Morgan fingerprint density at radius 2 is 2.19 bits per heavy atom. The fourth-order valence-electron chi connectivity index (χ4n) is 1.39. The Balaban J connectivity index is 2.51. The summed E-state index contributed by atoms with van der Waals surface area (Å²) in [6, 6.07) is 7.63. The van der Waals surface area contributed by atoms with Crippen LogP contribution in [0.25, 0.3) is 0 Å². The Hall–Kier alpha value is -1.01. The predicted octanol–water partition coefficient (Wildman–Crippen LogP) is 4.14. The molecule has 1 aromatic rings. The number of nitriles is 1. The number of nitrogens with zero attached hydrogens (tertiary/aromatic N) is 1. The minimum atomic E-state index is 0.582. The van der Waals surface area contributed by atoms with Gasteiger partial charge in [-0.15, -0.1) is 0 Å². The van der Waals surface area contributed by atoms with Gasteiger partial charge >= 0.3 is 0 Å². The summed E-state index contributed by atoms with van der Waals surface area (Å²) in [5.41, 5.74) is 0.582. The fourth-order valence-corrected chi connectivity index (χ4v) is 1.75. The van der Waals surface area contributed by atoms with E-state index in [-0.39, 0.29) is 0 Å². The van der Waals surface area contributed by atoms with Crippen molar-refractivity contribution in [2.24, 2.45) is 5.92 Å². The first-order chi connectivity index (χ1) is 7.63. The maximum Gasteiger partial charge on any atom is 0.137 e. The van der Waals surface area contributed by atoms with Gasteiger partial charge in [-0.2, -0.15) is 5.26 Å². The lowest BCUT2D eigenvalue weighted by Gasteiger charge is -2.09. The molecule has 0 bridgehead atoms. The molecule has 0 atom stereocenters. The zero-order chi connectivity index (χ0) is 12.0. The molecule has 1 aromatic carbocycles. The minimum absolute atomic E-state index is 0.582. The highest BCUT2D eigenvalue weighted by atomic mass is 79.9. The molecular formula is C13H16BrNO. The van der Waals surface area contributed by atoms with E-state index in [4.69, 9.17) is 10.00 Å². The van der Waals surface area contributed by atoms with E-state index in [0.717, 1.165) is 17.3 Å². The van der Waals surface area contributed by atoms with E-state index in [2.05, 4.69) is 35.8 Å². The van der Waals surface area contributed by atoms with Gasteiger partial charge in [0.15, 0.2) is 0 Å². The van der Waals surface area contributed by atoms with Crippen LogP contribution in [0.4, 0.5) is 0 Å². The summed E-state index contributed by atoms with van der Waals surface area (Å²) in [5.74, 6) is 1.37. The fraction of sp³-hybridized carbons (Fsp3) is 0.462. The van der Waals surface area contributed by atoms with Crippen LogP contribution in [-0.4, -0.2) is 6.61 Å². The van der Waals surface area contributed by atoms with Gasteiger partial charge in [-0.1, -0.05) is 29.8 Å². The Labute approximate surface area is 105 Å². The first-order valence-corrected chi connectivity index (χ1v) is 6.25. The van der Waals surface area contributed by atoms with Gasteiger partial charge in [0.25, 0.3) is 0 Å². The van der Waals surface area contributed by atoms with E-state index in [1.54, 1.807) is 6.07 Å². The topological polar surface area (TPSA) is 33.0 Å². The number of benzene rings is 1. The van der Waals surface area contributed by atoms with Crippen LogP contribution >= 0.6 is 15.9 Å². The molecule has 86 valence electrons. The summed E-state index contributed by atoms with van der Waals surface area (Å²) in [7, 11) is 0. The van der Waals surface area contributed by atoms with Crippen LogP contribution in [0.5, 0.6) is 5.75 Å². The molecule has 2 nitrogen and oxygen atoms in total. The Morgan fingerprint density at radius 3 is 2.81 bits per heavy atom. The Bertz CT molecular complexity index is 382. The van der Waals surface area contributed by atoms with Crippen LogP contribution in [-0.2, 0) is 0 Å². The summed E-state index contributed by atoms with van der Waals surface area (Å²) in [6.07, 6.45) is 2.18. The van der Waals surface area contributed by atoms with Gasteiger partial charge in [-0.05, 0) is 37.0 Å². The molecule has 0 unspecified atom stereocenters. The van der Waals surface area contributed by atoms with Crippen LogP contribution in [0.2, 0.25) is 0 Å². The number of hydrogen-bond donors (Lipinski definition) is 0. The number of hydrogen-bond acceptors (Lipinski definition) is 2. The lowest BCUT2D eigenvalue weighted by Crippen LogP contribution is -2.00. The Morgan fingerprint density at radius 1 is 1.44 bits per heavy atom. The average molecular weight is 282 g/mol. The van der Waals surface area contributed by atoms with Gasteiger partial charge < -0.3 is 4.74 Å². The van der Waals surface area contributed by atoms with Gasteiger partial charge in [0.2, 0.25) is 0 Å². The highest BCUT2D eigenvalue weighted by Crippen LogP contribution is 2.22. The highest BCUT2D eigenvalue weighted by Gasteiger charge is 2.03. The summed E-state index contributed by atoms with van der Waals surface area (Å²) in [5, 5.41) is 8.94. The van der Waals surface area contributed by atoms with E-state index in [1.165, 1.54) is 0 Å². The van der Waals surface area contributed by atoms with Crippen LogP contribution in [0.3, 0.4) is 0 Å². The molecule has 0 saturated heterocycles. The number of ether oxygens (including phenoxy) is 1. The molecule has 16 heavy (non-hydrogen) atoms. The van der Waals surface area contributed by atoms with Gasteiger partial charge in [-0.25, -0.2) is 0 Å². The van der Waals surface area contributed by atoms with Crippen LogP contribution in [0, 0.1) is 17.2 Å². The summed E-state index contributed by atoms with van der Waals surface area (Å²) in [6.45, 7) is 5.06. The molecule has 3 heteroatoms. The predicted molar refractivity (Wildman–Crippen MR) is 68.4 cm³/mol. The van der Waals surface area contributed by atoms with Crippen LogP contribution in [0.15, 0.2) is 22.7 Å². The maximum atomic E-state index is 8.94. The minimum Gasteiger partial charge on any atom is -0.492 e. The van der Waals surface area contributed by atoms with E-state index < -0.39 is 0 Å². The Kier molecular flexibility index (Phi) is 5.34.